The summed E-state index contributed by atoms with van der Waals surface area (Å²) in [6.45, 7) is 3.89. The van der Waals surface area contributed by atoms with Gasteiger partial charge in [0.2, 0.25) is 0 Å². The minimum absolute atomic E-state index is 0.370. The van der Waals surface area contributed by atoms with Gasteiger partial charge in [-0.05, 0) is 109 Å². The minimum atomic E-state index is -0.370. The lowest BCUT2D eigenvalue weighted by Gasteiger charge is -2.11. The lowest BCUT2D eigenvalue weighted by molar-refractivity contribution is 0.951. The molecule has 0 aliphatic rings. The van der Waals surface area contributed by atoms with Gasteiger partial charge in [-0.2, -0.15) is 0 Å². The highest BCUT2D eigenvalue weighted by molar-refractivity contribution is 6.20. The zero-order valence-electron chi connectivity index (χ0n) is 27.8. The summed E-state index contributed by atoms with van der Waals surface area (Å²) in [4.78, 5) is 39.9. The van der Waals surface area contributed by atoms with Gasteiger partial charge in [0.25, 0.3) is 11.1 Å². The predicted molar refractivity (Wildman–Crippen MR) is 207 cm³/mol. The van der Waals surface area contributed by atoms with E-state index in [1.807, 2.05) is 117 Å². The second-order valence-electron chi connectivity index (χ2n) is 13.1. The molecule has 0 atom stereocenters. The third-order valence-corrected chi connectivity index (χ3v) is 10.2. The Morgan fingerprint density at radius 1 is 0.412 bits per heavy atom. The van der Waals surface area contributed by atoms with Gasteiger partial charge in [-0.25, -0.2) is 14.5 Å². The first-order valence-corrected chi connectivity index (χ1v) is 16.9. The van der Waals surface area contributed by atoms with Crippen LogP contribution in [0.5, 0.6) is 0 Å². The largest absolute Gasteiger partial charge is 0.294 e. The third kappa shape index (κ3) is 4.12. The number of hydrogen-bond donors (Lipinski definition) is 0. The van der Waals surface area contributed by atoms with Crippen molar-refractivity contribution in [1.82, 2.24) is 23.7 Å². The Balaban J connectivity index is 1.48. The molecule has 10 aromatic rings. The number of nitrogens with zero attached hydrogens (tertiary/aromatic N) is 5. The maximum Gasteiger partial charge on any atom is 0.266 e. The van der Waals surface area contributed by atoms with E-state index in [1.54, 1.807) is 12.4 Å². The monoisotopic (exact) mass is 659 g/mol. The Kier molecular flexibility index (Phi) is 6.17. The molecule has 7 heteroatoms. The topological polar surface area (TPSA) is 74.7 Å². The van der Waals surface area contributed by atoms with E-state index in [2.05, 4.69) is 33.4 Å². The summed E-state index contributed by atoms with van der Waals surface area (Å²) < 4.78 is 5.57. The van der Waals surface area contributed by atoms with Crippen LogP contribution in [0.15, 0.2) is 149 Å². The fourth-order valence-corrected chi connectivity index (χ4v) is 7.95. The molecule has 5 aromatic carbocycles. The lowest BCUT2D eigenvalue weighted by Crippen LogP contribution is -2.29. The van der Waals surface area contributed by atoms with E-state index in [0.29, 0.717) is 27.2 Å². The molecule has 0 bridgehead atoms. The molecule has 0 aliphatic carbocycles. The van der Waals surface area contributed by atoms with E-state index < -0.39 is 0 Å². The van der Waals surface area contributed by atoms with Crippen molar-refractivity contribution in [3.63, 3.8) is 0 Å². The summed E-state index contributed by atoms with van der Waals surface area (Å²) in [5.74, 6) is 0. The Labute approximate surface area is 290 Å². The molecule has 0 spiro atoms. The molecule has 5 aromatic heterocycles. The molecule has 0 saturated heterocycles. The van der Waals surface area contributed by atoms with E-state index in [-0.39, 0.29) is 11.1 Å². The van der Waals surface area contributed by atoms with E-state index in [0.717, 1.165) is 66.4 Å². The van der Waals surface area contributed by atoms with Gasteiger partial charge >= 0.3 is 0 Å². The van der Waals surface area contributed by atoms with Crippen molar-refractivity contribution in [1.29, 1.82) is 0 Å². The molecule has 0 N–H and O–H groups in total. The summed E-state index contributed by atoms with van der Waals surface area (Å²) in [5.41, 5.74) is 6.67. The van der Waals surface area contributed by atoms with Crippen molar-refractivity contribution < 1.29 is 0 Å². The SMILES string of the molecule is Cc1cccc(C)c1-n1c(=O)c2cc3c(cc2c2cc4c5cccnc5n(-c5ccccc5)c4cc2c1=O)c1cccnc1n3-c1ccccc1. The van der Waals surface area contributed by atoms with Crippen LogP contribution >= 0.6 is 0 Å². The van der Waals surface area contributed by atoms with Crippen LogP contribution in [-0.4, -0.2) is 23.7 Å². The zero-order chi connectivity index (χ0) is 34.4. The Morgan fingerprint density at radius 3 is 1.31 bits per heavy atom. The van der Waals surface area contributed by atoms with Crippen molar-refractivity contribution in [2.24, 2.45) is 0 Å². The van der Waals surface area contributed by atoms with Crippen LogP contribution in [0.4, 0.5) is 0 Å². The molecule has 5 heterocycles. The number of hydrogen-bond acceptors (Lipinski definition) is 4. The van der Waals surface area contributed by atoms with Crippen molar-refractivity contribution in [2.75, 3.05) is 0 Å². The van der Waals surface area contributed by atoms with Crippen LogP contribution in [0, 0.1) is 13.8 Å². The van der Waals surface area contributed by atoms with Gasteiger partial charge in [0.1, 0.15) is 11.3 Å². The Bertz CT molecular complexity index is 2980. The molecule has 10 rings (SSSR count). The van der Waals surface area contributed by atoms with Crippen LogP contribution in [0.3, 0.4) is 0 Å². The maximum absolute atomic E-state index is 15.1. The predicted octanol–water partition coefficient (Wildman–Crippen LogP) is 9.11. The molecule has 242 valence electrons. The third-order valence-electron chi connectivity index (χ3n) is 10.2. The smallest absolute Gasteiger partial charge is 0.266 e. The standard InChI is InChI=1S/C44H29N5O2/c1-26-12-9-13-27(2)40(26)49-43(50)36-24-38-34(30-18-10-20-45-41(30)47(38)28-14-5-3-6-15-28)22-32(36)33-23-35-31-19-11-21-46-42(31)48(29-16-7-4-8-17-29)39(35)25-37(33)44(49)51/h3-25H,1-2H3. The van der Waals surface area contributed by atoms with Crippen molar-refractivity contribution in [3.8, 4) is 17.1 Å². The number of rotatable bonds is 3. The summed E-state index contributed by atoms with van der Waals surface area (Å²) in [6, 6.07) is 42.0. The fraction of sp³-hybridized carbons (Fsp3) is 0.0455. The van der Waals surface area contributed by atoms with Gasteiger partial charge in [0.05, 0.1) is 27.5 Å². The fourth-order valence-electron chi connectivity index (χ4n) is 7.95. The van der Waals surface area contributed by atoms with Crippen LogP contribution in [0.1, 0.15) is 11.1 Å². The highest BCUT2D eigenvalue weighted by Gasteiger charge is 2.22. The average molecular weight is 660 g/mol. The van der Waals surface area contributed by atoms with Gasteiger partial charge in [-0.15, -0.1) is 0 Å². The van der Waals surface area contributed by atoms with Crippen molar-refractivity contribution in [2.45, 2.75) is 13.8 Å². The van der Waals surface area contributed by atoms with Gasteiger partial charge in [-0.3, -0.25) is 18.7 Å². The molecule has 0 amide bonds. The maximum atomic E-state index is 15.1. The molecule has 0 aliphatic heterocycles. The Hall–Kier alpha value is -6.86. The summed E-state index contributed by atoms with van der Waals surface area (Å²) in [7, 11) is 0. The molecule has 51 heavy (non-hydrogen) atoms. The molecule has 7 nitrogen and oxygen atoms in total. The first-order chi connectivity index (χ1) is 25.0. The summed E-state index contributed by atoms with van der Waals surface area (Å²) in [5, 5.41) is 6.10. The van der Waals surface area contributed by atoms with Gasteiger partial charge in [0.15, 0.2) is 0 Å². The molecule has 0 radical (unpaired) electrons. The molecular weight excluding hydrogens is 631 g/mol. The second-order valence-corrected chi connectivity index (χ2v) is 13.1. The summed E-state index contributed by atoms with van der Waals surface area (Å²) >= 11 is 0. The van der Waals surface area contributed by atoms with Crippen LogP contribution in [-0.2, 0) is 0 Å². The van der Waals surface area contributed by atoms with Gasteiger partial charge in [-0.1, -0.05) is 54.6 Å². The number of benzene rings is 5. The number of para-hydroxylation sites is 3. The van der Waals surface area contributed by atoms with E-state index in [4.69, 9.17) is 9.97 Å². The molecular formula is C44H29N5O2. The lowest BCUT2D eigenvalue weighted by atomic mass is 10.0. The number of aromatic nitrogens is 5. The molecule has 0 saturated carbocycles. The normalized spacial score (nSPS) is 11.9. The number of aryl methyl sites for hydroxylation is 2. The van der Waals surface area contributed by atoms with Crippen LogP contribution < -0.4 is 11.1 Å². The highest BCUT2D eigenvalue weighted by atomic mass is 16.2. The van der Waals surface area contributed by atoms with Crippen molar-refractivity contribution in [3.05, 3.63) is 172 Å². The van der Waals surface area contributed by atoms with E-state index in [1.165, 1.54) is 4.57 Å². The van der Waals surface area contributed by atoms with E-state index >= 15 is 9.59 Å². The quantitative estimate of drug-likeness (QED) is 0.190. The molecule has 0 fully saturated rings. The summed E-state index contributed by atoms with van der Waals surface area (Å²) in [6.07, 6.45) is 3.58. The van der Waals surface area contributed by atoms with Crippen LogP contribution in [0.2, 0.25) is 0 Å². The van der Waals surface area contributed by atoms with Gasteiger partial charge < -0.3 is 0 Å². The number of pyridine rings is 2. The Morgan fingerprint density at radius 2 is 0.863 bits per heavy atom. The molecule has 0 unspecified atom stereocenters. The zero-order valence-corrected chi connectivity index (χ0v) is 27.8. The average Bonchev–Trinajstić information content (AvgIpc) is 3.65. The van der Waals surface area contributed by atoms with Crippen LogP contribution in [0.25, 0.3) is 82.5 Å². The highest BCUT2D eigenvalue weighted by Crippen LogP contribution is 2.38. The second kappa shape index (κ2) is 10.8. The van der Waals surface area contributed by atoms with E-state index in [9.17, 15) is 0 Å². The van der Waals surface area contributed by atoms with Crippen molar-refractivity contribution >= 4 is 65.4 Å². The number of fused-ring (bicyclic) bond motifs is 9. The van der Waals surface area contributed by atoms with Gasteiger partial charge in [0, 0.05) is 45.3 Å². The minimum Gasteiger partial charge on any atom is -0.294 e. The first kappa shape index (κ1) is 29.1. The first-order valence-electron chi connectivity index (χ1n) is 16.9.